The quantitative estimate of drug-likeness (QED) is 0.673. The molecular weight excluding hydrogens is 208 g/mol. The summed E-state index contributed by atoms with van der Waals surface area (Å²) in [6.07, 6.45) is 2.86. The molecule has 0 aliphatic carbocycles. The molecule has 6 nitrogen and oxygen atoms in total. The summed E-state index contributed by atoms with van der Waals surface area (Å²) >= 11 is 0. The van der Waals surface area contributed by atoms with Crippen molar-refractivity contribution in [1.29, 1.82) is 0 Å². The number of carbonyl (C=O) groups is 1. The van der Waals surface area contributed by atoms with Crippen molar-refractivity contribution < 1.29 is 9.90 Å². The zero-order valence-corrected chi connectivity index (χ0v) is 9.15. The lowest BCUT2D eigenvalue weighted by molar-refractivity contribution is -0.131. The van der Waals surface area contributed by atoms with Crippen LogP contribution in [0.5, 0.6) is 0 Å². The number of carbonyl (C=O) groups excluding carboxylic acids is 1. The summed E-state index contributed by atoms with van der Waals surface area (Å²) in [7, 11) is 0. The van der Waals surface area contributed by atoms with Crippen LogP contribution in [-0.2, 0) is 4.79 Å². The average Bonchev–Trinajstić information content (AvgIpc) is 2.84. The molecule has 2 heterocycles. The normalized spacial score (nSPS) is 27.1. The van der Waals surface area contributed by atoms with Crippen molar-refractivity contribution in [2.24, 2.45) is 5.73 Å². The van der Waals surface area contributed by atoms with E-state index in [2.05, 4.69) is 5.10 Å². The van der Waals surface area contributed by atoms with Gasteiger partial charge in [-0.05, 0) is 13.0 Å². The topological polar surface area (TPSA) is 84.4 Å². The third-order valence-electron chi connectivity index (χ3n) is 2.82. The van der Waals surface area contributed by atoms with E-state index >= 15 is 0 Å². The van der Waals surface area contributed by atoms with Crippen LogP contribution >= 0.6 is 0 Å². The van der Waals surface area contributed by atoms with Gasteiger partial charge in [-0.3, -0.25) is 9.48 Å². The standard InChI is InChI=1S/C10H16N4O2/c1-7(11)10(16)13-5-8(9(15)6-13)14-4-2-3-12-14/h2-4,7-9,15H,5-6,11H2,1H3/t7-,8+,9-/m0/s1. The molecule has 1 saturated heterocycles. The molecule has 1 amide bonds. The lowest BCUT2D eigenvalue weighted by Crippen LogP contribution is -2.41. The first-order valence-electron chi connectivity index (χ1n) is 5.31. The first kappa shape index (κ1) is 11.1. The van der Waals surface area contributed by atoms with Gasteiger partial charge in [-0.2, -0.15) is 5.10 Å². The fraction of sp³-hybridized carbons (Fsp3) is 0.600. The second-order valence-corrected chi connectivity index (χ2v) is 4.15. The number of hydrogen-bond donors (Lipinski definition) is 2. The number of aromatic nitrogens is 2. The minimum Gasteiger partial charge on any atom is -0.389 e. The van der Waals surface area contributed by atoms with Gasteiger partial charge in [-0.1, -0.05) is 0 Å². The van der Waals surface area contributed by atoms with Gasteiger partial charge in [0.2, 0.25) is 5.91 Å². The smallest absolute Gasteiger partial charge is 0.239 e. The predicted octanol–water partition coefficient (Wildman–Crippen LogP) is -1.03. The van der Waals surface area contributed by atoms with Crippen molar-refractivity contribution >= 4 is 5.91 Å². The fourth-order valence-electron chi connectivity index (χ4n) is 1.97. The monoisotopic (exact) mass is 224 g/mol. The van der Waals surface area contributed by atoms with Gasteiger partial charge in [0.05, 0.1) is 18.2 Å². The highest BCUT2D eigenvalue weighted by Gasteiger charge is 2.36. The Morgan fingerprint density at radius 1 is 1.62 bits per heavy atom. The van der Waals surface area contributed by atoms with Gasteiger partial charge in [0.1, 0.15) is 0 Å². The summed E-state index contributed by atoms with van der Waals surface area (Å²) in [4.78, 5) is 13.3. The van der Waals surface area contributed by atoms with E-state index in [-0.39, 0.29) is 11.9 Å². The zero-order valence-electron chi connectivity index (χ0n) is 9.15. The molecule has 1 aliphatic heterocycles. The molecule has 0 aromatic carbocycles. The van der Waals surface area contributed by atoms with Crippen LogP contribution in [0, 0.1) is 0 Å². The number of aliphatic hydroxyl groups is 1. The van der Waals surface area contributed by atoms with Gasteiger partial charge in [0, 0.05) is 25.5 Å². The minimum atomic E-state index is -0.581. The van der Waals surface area contributed by atoms with Crippen LogP contribution in [0.1, 0.15) is 13.0 Å². The molecule has 3 atom stereocenters. The van der Waals surface area contributed by atoms with Crippen LogP contribution in [0.4, 0.5) is 0 Å². The van der Waals surface area contributed by atoms with E-state index in [1.165, 1.54) is 0 Å². The number of likely N-dealkylation sites (tertiary alicyclic amines) is 1. The van der Waals surface area contributed by atoms with E-state index < -0.39 is 12.1 Å². The Bertz CT molecular complexity index is 363. The third-order valence-corrected chi connectivity index (χ3v) is 2.82. The molecular formula is C10H16N4O2. The van der Waals surface area contributed by atoms with Crippen LogP contribution in [0.3, 0.4) is 0 Å². The molecule has 6 heteroatoms. The van der Waals surface area contributed by atoms with Gasteiger partial charge in [-0.25, -0.2) is 0 Å². The summed E-state index contributed by atoms with van der Waals surface area (Å²) < 4.78 is 1.68. The molecule has 1 aliphatic rings. The number of hydrogen-bond acceptors (Lipinski definition) is 4. The number of amides is 1. The number of nitrogens with zero attached hydrogens (tertiary/aromatic N) is 3. The molecule has 88 valence electrons. The van der Waals surface area contributed by atoms with Crippen molar-refractivity contribution in [3.05, 3.63) is 18.5 Å². The molecule has 1 aromatic rings. The lowest BCUT2D eigenvalue weighted by atomic mass is 10.2. The Kier molecular flexibility index (Phi) is 2.93. The maximum atomic E-state index is 11.7. The summed E-state index contributed by atoms with van der Waals surface area (Å²) in [5.74, 6) is -0.131. The van der Waals surface area contributed by atoms with Gasteiger partial charge < -0.3 is 15.7 Å². The summed E-state index contributed by atoms with van der Waals surface area (Å²) in [5, 5.41) is 13.9. The van der Waals surface area contributed by atoms with Gasteiger partial charge in [0.25, 0.3) is 0 Å². The highest BCUT2D eigenvalue weighted by molar-refractivity contribution is 5.81. The molecule has 16 heavy (non-hydrogen) atoms. The maximum Gasteiger partial charge on any atom is 0.239 e. The van der Waals surface area contributed by atoms with Crippen LogP contribution in [0.2, 0.25) is 0 Å². The molecule has 2 rings (SSSR count). The van der Waals surface area contributed by atoms with Crippen LogP contribution in [0.25, 0.3) is 0 Å². The van der Waals surface area contributed by atoms with Crippen LogP contribution in [-0.4, -0.2) is 50.9 Å². The van der Waals surface area contributed by atoms with Gasteiger partial charge in [-0.15, -0.1) is 0 Å². The number of aliphatic hydroxyl groups excluding tert-OH is 1. The zero-order chi connectivity index (χ0) is 11.7. The minimum absolute atomic E-state index is 0.131. The van der Waals surface area contributed by atoms with E-state index in [9.17, 15) is 9.90 Å². The molecule has 0 radical (unpaired) electrons. The second-order valence-electron chi connectivity index (χ2n) is 4.15. The van der Waals surface area contributed by atoms with Crippen molar-refractivity contribution in [3.63, 3.8) is 0 Å². The SMILES string of the molecule is C[C@H](N)C(=O)N1C[C@@H](n2cccn2)[C@@H](O)C1. The molecule has 0 bridgehead atoms. The van der Waals surface area contributed by atoms with E-state index in [1.807, 2.05) is 0 Å². The third kappa shape index (κ3) is 1.94. The van der Waals surface area contributed by atoms with Crippen molar-refractivity contribution in [2.75, 3.05) is 13.1 Å². The van der Waals surface area contributed by atoms with Crippen molar-refractivity contribution in [1.82, 2.24) is 14.7 Å². The Labute approximate surface area is 93.6 Å². The van der Waals surface area contributed by atoms with Crippen molar-refractivity contribution in [3.8, 4) is 0 Å². The largest absolute Gasteiger partial charge is 0.389 e. The van der Waals surface area contributed by atoms with Gasteiger partial charge >= 0.3 is 0 Å². The van der Waals surface area contributed by atoms with E-state index in [0.717, 1.165) is 0 Å². The maximum absolute atomic E-state index is 11.7. The number of rotatable bonds is 2. The van der Waals surface area contributed by atoms with E-state index in [4.69, 9.17) is 5.73 Å². The average molecular weight is 224 g/mol. The highest BCUT2D eigenvalue weighted by atomic mass is 16.3. The molecule has 1 fully saturated rings. The summed E-state index contributed by atoms with van der Waals surface area (Å²) in [5.41, 5.74) is 5.53. The lowest BCUT2D eigenvalue weighted by Gasteiger charge is -2.18. The fourth-order valence-corrected chi connectivity index (χ4v) is 1.97. The second kappa shape index (κ2) is 4.23. The number of β-amino-alcohol motifs (C(OH)–C–C–N with tert-alkyl or cyclic N) is 1. The molecule has 0 unspecified atom stereocenters. The molecule has 0 spiro atoms. The van der Waals surface area contributed by atoms with E-state index in [1.54, 1.807) is 35.0 Å². The number of nitrogens with two attached hydrogens (primary N) is 1. The Morgan fingerprint density at radius 3 is 2.94 bits per heavy atom. The Hall–Kier alpha value is -1.40. The van der Waals surface area contributed by atoms with Gasteiger partial charge in [0.15, 0.2) is 0 Å². The Morgan fingerprint density at radius 2 is 2.38 bits per heavy atom. The van der Waals surface area contributed by atoms with Crippen LogP contribution in [0.15, 0.2) is 18.5 Å². The molecule has 3 N–H and O–H groups in total. The predicted molar refractivity (Wildman–Crippen MR) is 57.5 cm³/mol. The first-order valence-corrected chi connectivity index (χ1v) is 5.31. The van der Waals surface area contributed by atoms with E-state index in [0.29, 0.717) is 13.1 Å². The highest BCUT2D eigenvalue weighted by Crippen LogP contribution is 2.21. The van der Waals surface area contributed by atoms with Crippen LogP contribution < -0.4 is 5.73 Å². The summed E-state index contributed by atoms with van der Waals surface area (Å²) in [6, 6.07) is 1.10. The Balaban J connectivity index is 2.08. The molecule has 0 saturated carbocycles. The van der Waals surface area contributed by atoms with Crippen molar-refractivity contribution in [2.45, 2.75) is 25.1 Å². The first-order chi connectivity index (χ1) is 7.59. The molecule has 1 aromatic heterocycles. The summed E-state index contributed by atoms with van der Waals surface area (Å²) in [6.45, 7) is 2.43.